The molecule has 1 radical (unpaired) electrons. The molecule has 0 aromatic heterocycles. The average molecular weight is 566 g/mol. The van der Waals surface area contributed by atoms with Gasteiger partial charge in [-0.1, -0.05) is 50.1 Å². The Morgan fingerprint density at radius 1 is 0.810 bits per heavy atom. The molecule has 0 unspecified atom stereocenters. The van der Waals surface area contributed by atoms with Crippen LogP contribution >= 0.6 is 0 Å². The van der Waals surface area contributed by atoms with E-state index in [2.05, 4.69) is 12.2 Å². The van der Waals surface area contributed by atoms with E-state index in [1.807, 2.05) is 30.3 Å². The summed E-state index contributed by atoms with van der Waals surface area (Å²) in [6.45, 7) is 3.14. The number of halogens is 4. The number of hydrogen-bond donors (Lipinski definition) is 0. The fourth-order valence-electron chi connectivity index (χ4n) is 0.900. The molecule has 0 aliphatic carbocycles. The average Bonchev–Trinajstić information content (AvgIpc) is 2.07. The standard InChI is InChI=1S/C10H14N.CH3.4BrH.4Li.Mn/c1-2-3-9-11-10-7-5-4-6-8-10;;;;;;;;;;/h4-8H,2-3,9H2,1H3;1H3;4*1H;;;;;/q2*-1;;;;;4*+1;+2/p-4. The Kier molecular flexibility index (Phi) is 151. The first-order valence-electron chi connectivity index (χ1n) is 4.16. The van der Waals surface area contributed by atoms with Crippen molar-refractivity contribution >= 4 is 5.69 Å². The summed E-state index contributed by atoms with van der Waals surface area (Å²) in [5.74, 6) is 0. The maximum absolute atomic E-state index is 4.40. The van der Waals surface area contributed by atoms with Gasteiger partial charge in [0.15, 0.2) is 0 Å². The van der Waals surface area contributed by atoms with Crippen molar-refractivity contribution in [3.8, 4) is 0 Å². The van der Waals surface area contributed by atoms with E-state index >= 15 is 0 Å². The third kappa shape index (κ3) is 40.1. The second-order valence-electron chi connectivity index (χ2n) is 2.57. The topological polar surface area (TPSA) is 14.1 Å². The predicted octanol–water partition coefficient (Wildman–Crippen LogP) is -20.0. The Labute approximate surface area is 232 Å². The third-order valence-electron chi connectivity index (χ3n) is 1.56. The second kappa shape index (κ2) is 49.6. The van der Waals surface area contributed by atoms with Crippen molar-refractivity contribution in [1.82, 2.24) is 0 Å². The van der Waals surface area contributed by atoms with Crippen molar-refractivity contribution < 1.29 is 160 Å². The molecule has 0 aliphatic rings. The minimum absolute atomic E-state index is 0. The molecule has 0 bridgehead atoms. The van der Waals surface area contributed by atoms with Gasteiger partial charge in [-0.05, 0) is 0 Å². The molecule has 10 heteroatoms. The van der Waals surface area contributed by atoms with Gasteiger partial charge in [0.05, 0.1) is 0 Å². The Morgan fingerprint density at radius 3 is 1.52 bits per heavy atom. The van der Waals surface area contributed by atoms with Crippen LogP contribution in [0.4, 0.5) is 5.69 Å². The second-order valence-corrected chi connectivity index (χ2v) is 2.57. The van der Waals surface area contributed by atoms with Gasteiger partial charge in [-0.25, -0.2) is 0 Å². The van der Waals surface area contributed by atoms with Crippen LogP contribution in [0.3, 0.4) is 0 Å². The molecule has 105 valence electrons. The van der Waals surface area contributed by atoms with E-state index in [0.717, 1.165) is 12.2 Å². The van der Waals surface area contributed by atoms with E-state index in [-0.39, 0.29) is 168 Å². The zero-order valence-electron chi connectivity index (χ0n) is 13.8. The first-order valence-corrected chi connectivity index (χ1v) is 4.16. The molecular formula is C11H17Br4Li4MnN. The van der Waals surface area contributed by atoms with Crippen LogP contribution in [0.25, 0.3) is 5.32 Å². The van der Waals surface area contributed by atoms with E-state index < -0.39 is 0 Å². The van der Waals surface area contributed by atoms with Crippen LogP contribution in [0, 0.1) is 7.43 Å². The van der Waals surface area contributed by atoms with Crippen LogP contribution in [0.15, 0.2) is 30.3 Å². The smallest absolute Gasteiger partial charge is 1.00 e. The predicted molar refractivity (Wildman–Crippen MR) is 55.7 cm³/mol. The van der Waals surface area contributed by atoms with E-state index in [0.29, 0.717) is 0 Å². The summed E-state index contributed by atoms with van der Waals surface area (Å²) in [7, 11) is 0. The van der Waals surface area contributed by atoms with Crippen LogP contribution in [-0.2, 0) is 17.1 Å². The van der Waals surface area contributed by atoms with Crippen LogP contribution in [-0.4, -0.2) is 6.54 Å². The number of hydrogen-bond acceptors (Lipinski definition) is 0. The molecule has 0 aliphatic heterocycles. The van der Waals surface area contributed by atoms with Crippen LogP contribution in [0.5, 0.6) is 0 Å². The number of benzene rings is 1. The van der Waals surface area contributed by atoms with Crippen LogP contribution in [0.1, 0.15) is 19.8 Å². The van der Waals surface area contributed by atoms with Crippen molar-refractivity contribution in [1.29, 1.82) is 0 Å². The Morgan fingerprint density at radius 2 is 1.19 bits per heavy atom. The van der Waals surface area contributed by atoms with Crippen LogP contribution in [0.2, 0.25) is 0 Å². The first-order chi connectivity index (χ1) is 5.43. The van der Waals surface area contributed by atoms with Crippen molar-refractivity contribution in [3.63, 3.8) is 0 Å². The maximum Gasteiger partial charge on any atom is 2.00 e. The summed E-state index contributed by atoms with van der Waals surface area (Å²) in [4.78, 5) is 0. The fraction of sp³-hybridized carbons (Fsp3) is 0.364. The SMILES string of the molecule is CCCC[N-]c1ccccc1.[Br-].[Br-].[Br-].[Br-].[CH3-].[Li+].[Li+].[Li+].[Li+].[Mn+2]. The van der Waals surface area contributed by atoms with Gasteiger partial charge in [0.1, 0.15) is 0 Å². The summed E-state index contributed by atoms with van der Waals surface area (Å²) < 4.78 is 0. The molecule has 1 aromatic carbocycles. The normalized spacial score (nSPS) is 5.00. The van der Waals surface area contributed by atoms with Gasteiger partial charge < -0.3 is 80.7 Å². The molecule has 0 saturated carbocycles. The molecule has 1 aromatic rings. The zero-order chi connectivity index (χ0) is 7.94. The summed E-state index contributed by atoms with van der Waals surface area (Å²) in [6.07, 6.45) is 2.41. The van der Waals surface area contributed by atoms with Crippen molar-refractivity contribution in [3.05, 3.63) is 43.1 Å². The van der Waals surface area contributed by atoms with E-state index in [1.54, 1.807) is 0 Å². The molecule has 0 atom stereocenters. The Hall–Kier alpha value is 3.85. The molecule has 0 N–H and O–H groups in total. The fourth-order valence-corrected chi connectivity index (χ4v) is 0.900. The van der Waals surface area contributed by atoms with Gasteiger partial charge in [-0.3, -0.25) is 0 Å². The molecular weight excluding hydrogens is 548 g/mol. The number of para-hydroxylation sites is 1. The molecule has 0 fully saturated rings. The van der Waals surface area contributed by atoms with Gasteiger partial charge in [-0.15, -0.1) is 12.2 Å². The minimum Gasteiger partial charge on any atom is -1.00 e. The van der Waals surface area contributed by atoms with E-state index in [4.69, 9.17) is 0 Å². The number of rotatable bonds is 4. The molecule has 1 rings (SSSR count). The quantitative estimate of drug-likeness (QED) is 0.196. The van der Waals surface area contributed by atoms with Crippen LogP contribution < -0.4 is 143 Å². The van der Waals surface area contributed by atoms with Crippen molar-refractivity contribution in [2.45, 2.75) is 19.8 Å². The van der Waals surface area contributed by atoms with Gasteiger partial charge in [0, 0.05) is 0 Å². The third-order valence-corrected chi connectivity index (χ3v) is 1.56. The first kappa shape index (κ1) is 64.1. The molecule has 21 heavy (non-hydrogen) atoms. The van der Waals surface area contributed by atoms with E-state index in [9.17, 15) is 0 Å². The Balaban J connectivity index is -0.0000000151. The van der Waals surface area contributed by atoms with Gasteiger partial charge in [0.25, 0.3) is 0 Å². The summed E-state index contributed by atoms with van der Waals surface area (Å²) in [5, 5.41) is 4.40. The summed E-state index contributed by atoms with van der Waals surface area (Å²) in [6, 6.07) is 10.1. The monoisotopic (exact) mass is 562 g/mol. The molecule has 0 spiro atoms. The maximum atomic E-state index is 4.40. The minimum atomic E-state index is 0. The van der Waals surface area contributed by atoms with Crippen molar-refractivity contribution in [2.75, 3.05) is 6.54 Å². The van der Waals surface area contributed by atoms with Gasteiger partial charge in [-0.2, -0.15) is 0 Å². The van der Waals surface area contributed by atoms with E-state index in [1.165, 1.54) is 12.8 Å². The van der Waals surface area contributed by atoms with Gasteiger partial charge in [0.2, 0.25) is 0 Å². The molecule has 1 nitrogen and oxygen atoms in total. The number of unbranched alkanes of at least 4 members (excludes halogenated alkanes) is 1. The molecule has 0 heterocycles. The zero-order valence-corrected chi connectivity index (χ0v) is 21.4. The largest absolute Gasteiger partial charge is 2.00 e. The van der Waals surface area contributed by atoms with Crippen molar-refractivity contribution in [2.24, 2.45) is 0 Å². The Bertz CT molecular complexity index is 215. The van der Waals surface area contributed by atoms with Gasteiger partial charge >= 0.3 is 92.5 Å². The number of nitrogens with zero attached hydrogens (tertiary/aromatic N) is 1. The molecule has 0 saturated heterocycles. The molecule has 0 amide bonds. The summed E-state index contributed by atoms with van der Waals surface area (Å²) in [5.41, 5.74) is 1.10. The summed E-state index contributed by atoms with van der Waals surface area (Å²) >= 11 is 0.